The molecule has 1 atom stereocenters. The van der Waals surface area contributed by atoms with Crippen LogP contribution in [0.5, 0.6) is 0 Å². The summed E-state index contributed by atoms with van der Waals surface area (Å²) in [5, 5.41) is 0. The summed E-state index contributed by atoms with van der Waals surface area (Å²) in [6.45, 7) is 4.16. The third kappa shape index (κ3) is 10.4. The van der Waals surface area contributed by atoms with Crippen LogP contribution in [-0.4, -0.2) is 13.2 Å². The van der Waals surface area contributed by atoms with Crippen LogP contribution in [0, 0.1) is 0 Å². The summed E-state index contributed by atoms with van der Waals surface area (Å²) in [5.41, 5.74) is 0. The molecule has 0 rings (SSSR count). The third-order valence-electron chi connectivity index (χ3n) is 0.977. The first kappa shape index (κ1) is 12.1. The van der Waals surface area contributed by atoms with Crippen LogP contribution in [-0.2, 0) is 4.74 Å². The van der Waals surface area contributed by atoms with Gasteiger partial charge in [-0.2, -0.15) is 0 Å². The Labute approximate surface area is 74.9 Å². The number of ether oxygens (including phenoxy) is 1. The molecule has 0 heterocycles. The minimum Gasteiger partial charge on any atom is -0.382 e. The van der Waals surface area contributed by atoms with Gasteiger partial charge in [-0.15, -0.1) is 0 Å². The second kappa shape index (κ2) is 11.2. The lowest BCUT2D eigenvalue weighted by Gasteiger charge is -2.01. The van der Waals surface area contributed by atoms with Gasteiger partial charge >= 0.3 is 0 Å². The van der Waals surface area contributed by atoms with Crippen molar-refractivity contribution in [3.8, 4) is 0 Å². The first-order valence-corrected chi connectivity index (χ1v) is 8.77. The van der Waals surface area contributed by atoms with E-state index in [0.717, 1.165) is 6.42 Å². The Morgan fingerprint density at radius 3 is 1.88 bits per heavy atom. The Hall–Kier alpha value is 1.42. The first-order valence-electron chi connectivity index (χ1n) is 2.48. The summed E-state index contributed by atoms with van der Waals surface area (Å²) in [6.07, 6.45) is 1.54. The van der Waals surface area contributed by atoms with E-state index in [9.17, 15) is 0 Å². The summed E-state index contributed by atoms with van der Waals surface area (Å²) in [5.74, 6) is 0. The van der Waals surface area contributed by atoms with Gasteiger partial charge in [0.2, 0.25) is 0 Å². The molecule has 0 radical (unpaired) electrons. The summed E-state index contributed by atoms with van der Waals surface area (Å²) in [4.78, 5) is 0. The number of rotatable bonds is 2. The van der Waals surface area contributed by atoms with Crippen molar-refractivity contribution in [1.82, 2.24) is 0 Å². The van der Waals surface area contributed by atoms with Crippen molar-refractivity contribution in [3.63, 3.8) is 0 Å². The molecule has 1 nitrogen and oxygen atoms in total. The van der Waals surface area contributed by atoms with E-state index >= 15 is 0 Å². The zero-order chi connectivity index (χ0) is 6.99. The standard InChI is InChI=1S/C5H12O.I2/c1-4-5(2)6-3;1-2/h5H,4H2,1-3H3;. The van der Waals surface area contributed by atoms with Crippen LogP contribution < -0.4 is 0 Å². The fourth-order valence-electron chi connectivity index (χ4n) is 0.167. The van der Waals surface area contributed by atoms with E-state index in [0.29, 0.717) is 6.10 Å². The molecule has 0 saturated heterocycles. The molecule has 0 aromatic carbocycles. The molecule has 1 unspecified atom stereocenters. The highest BCUT2D eigenvalue weighted by Gasteiger charge is 1.88. The topological polar surface area (TPSA) is 9.23 Å². The van der Waals surface area contributed by atoms with Gasteiger partial charge < -0.3 is 4.74 Å². The van der Waals surface area contributed by atoms with E-state index in [4.69, 9.17) is 4.74 Å². The zero-order valence-electron chi connectivity index (χ0n) is 5.45. The Kier molecular flexibility index (Phi) is 17.1. The minimum absolute atomic E-state index is 0.435. The van der Waals surface area contributed by atoms with E-state index in [1.807, 2.05) is 0 Å². The van der Waals surface area contributed by atoms with Crippen molar-refractivity contribution >= 4 is 37.2 Å². The maximum Gasteiger partial charge on any atom is 0.0540 e. The van der Waals surface area contributed by atoms with Crippen molar-refractivity contribution in [2.24, 2.45) is 0 Å². The Balaban J connectivity index is 0. The number of halogens is 2. The van der Waals surface area contributed by atoms with E-state index < -0.39 is 0 Å². The Morgan fingerprint density at radius 2 is 1.88 bits per heavy atom. The molecule has 0 spiro atoms. The monoisotopic (exact) mass is 342 g/mol. The zero-order valence-corrected chi connectivity index (χ0v) is 9.76. The quantitative estimate of drug-likeness (QED) is 0.701. The third-order valence-corrected chi connectivity index (χ3v) is 0.977. The van der Waals surface area contributed by atoms with Crippen molar-refractivity contribution in [2.75, 3.05) is 7.11 Å². The van der Waals surface area contributed by atoms with Crippen LogP contribution in [0.4, 0.5) is 0 Å². The molecule has 0 fully saturated rings. The molecule has 0 aliphatic carbocycles. The molecule has 0 aliphatic heterocycles. The summed E-state index contributed by atoms with van der Waals surface area (Å²) in [7, 11) is 1.73. The maximum absolute atomic E-state index is 4.90. The average Bonchev–Trinajstić information content (AvgIpc) is 1.91. The van der Waals surface area contributed by atoms with Crippen molar-refractivity contribution in [2.45, 2.75) is 26.4 Å². The minimum atomic E-state index is 0.435. The van der Waals surface area contributed by atoms with Gasteiger partial charge in [-0.3, -0.25) is 0 Å². The molecule has 0 saturated carbocycles. The molecule has 0 aromatic rings. The smallest absolute Gasteiger partial charge is 0.0540 e. The lowest BCUT2D eigenvalue weighted by Crippen LogP contribution is -2.00. The van der Waals surface area contributed by atoms with Gasteiger partial charge in [-0.25, -0.2) is 0 Å². The predicted octanol–water partition coefficient (Wildman–Crippen LogP) is 3.20. The van der Waals surface area contributed by atoms with E-state index in [1.54, 1.807) is 7.11 Å². The predicted molar refractivity (Wildman–Crippen MR) is 54.8 cm³/mol. The van der Waals surface area contributed by atoms with Gasteiger partial charge in [0.1, 0.15) is 0 Å². The normalized spacial score (nSPS) is 11.6. The van der Waals surface area contributed by atoms with Gasteiger partial charge in [0.05, 0.1) is 6.10 Å². The second-order valence-corrected chi connectivity index (χ2v) is 1.45. The summed E-state index contributed by atoms with van der Waals surface area (Å²) < 4.78 is 4.90. The van der Waals surface area contributed by atoms with Crippen LogP contribution in [0.3, 0.4) is 0 Å². The first-order chi connectivity index (χ1) is 3.81. The molecule has 0 N–H and O–H groups in total. The molecule has 0 bridgehead atoms. The fraction of sp³-hybridized carbons (Fsp3) is 1.00. The Bertz CT molecular complexity index is 29.6. The number of hydrogen-bond acceptors (Lipinski definition) is 1. The molecule has 52 valence electrons. The largest absolute Gasteiger partial charge is 0.382 e. The Morgan fingerprint density at radius 1 is 1.50 bits per heavy atom. The second-order valence-electron chi connectivity index (χ2n) is 1.45. The maximum atomic E-state index is 4.90. The summed E-state index contributed by atoms with van der Waals surface area (Å²) >= 11 is 4.24. The van der Waals surface area contributed by atoms with Crippen LogP contribution >= 0.6 is 37.2 Å². The van der Waals surface area contributed by atoms with Crippen molar-refractivity contribution < 1.29 is 4.74 Å². The average molecular weight is 342 g/mol. The van der Waals surface area contributed by atoms with Crippen LogP contribution in [0.25, 0.3) is 0 Å². The highest BCUT2D eigenvalue weighted by Crippen LogP contribution is 1.90. The van der Waals surface area contributed by atoms with Gasteiger partial charge in [-0.1, -0.05) is 6.92 Å². The molecule has 0 amide bonds. The van der Waals surface area contributed by atoms with Crippen LogP contribution in [0.2, 0.25) is 0 Å². The van der Waals surface area contributed by atoms with Gasteiger partial charge in [-0.05, 0) is 13.3 Å². The highest BCUT2D eigenvalue weighted by atomic mass is 128. The molecule has 8 heavy (non-hydrogen) atoms. The number of methoxy groups -OCH3 is 1. The van der Waals surface area contributed by atoms with Gasteiger partial charge in [0, 0.05) is 44.3 Å². The van der Waals surface area contributed by atoms with Crippen LogP contribution in [0.15, 0.2) is 0 Å². The van der Waals surface area contributed by atoms with E-state index in [2.05, 4.69) is 51.1 Å². The lowest BCUT2D eigenvalue weighted by atomic mass is 10.3. The summed E-state index contributed by atoms with van der Waals surface area (Å²) in [6, 6.07) is 0. The SMILES string of the molecule is CCC(C)OC.II. The molecule has 0 aliphatic rings. The molecular formula is C5H12I2O. The van der Waals surface area contributed by atoms with Gasteiger partial charge in [0.15, 0.2) is 0 Å². The lowest BCUT2D eigenvalue weighted by molar-refractivity contribution is 0.115. The van der Waals surface area contributed by atoms with Crippen molar-refractivity contribution in [3.05, 3.63) is 0 Å². The van der Waals surface area contributed by atoms with Crippen molar-refractivity contribution in [1.29, 1.82) is 0 Å². The molecule has 3 heteroatoms. The number of hydrogen-bond donors (Lipinski definition) is 0. The highest BCUT2D eigenvalue weighted by molar-refractivity contribution is 15.0. The van der Waals surface area contributed by atoms with E-state index in [1.165, 1.54) is 0 Å². The fourth-order valence-corrected chi connectivity index (χ4v) is 0.167. The molecular weight excluding hydrogens is 330 g/mol. The van der Waals surface area contributed by atoms with E-state index in [-0.39, 0.29) is 0 Å². The van der Waals surface area contributed by atoms with Crippen LogP contribution in [0.1, 0.15) is 20.3 Å². The van der Waals surface area contributed by atoms with Gasteiger partial charge in [0.25, 0.3) is 0 Å². The molecule has 0 aromatic heterocycles.